The summed E-state index contributed by atoms with van der Waals surface area (Å²) in [6.45, 7) is 4.16. The van der Waals surface area contributed by atoms with Crippen molar-refractivity contribution < 1.29 is 0 Å². The second kappa shape index (κ2) is 4.69. The molecule has 1 heterocycles. The lowest BCUT2D eigenvalue weighted by Gasteiger charge is -2.17. The van der Waals surface area contributed by atoms with Gasteiger partial charge in [-0.3, -0.25) is 10.5 Å². The highest BCUT2D eigenvalue weighted by Gasteiger charge is 2.16. The largest absolute Gasteiger partial charge is 0.275 e. The molecule has 17 heavy (non-hydrogen) atoms. The quantitative estimate of drug-likeness (QED) is 0.622. The molecule has 2 rings (SSSR count). The van der Waals surface area contributed by atoms with Gasteiger partial charge in [0.2, 0.25) is 0 Å². The van der Waals surface area contributed by atoms with Crippen molar-refractivity contribution in [1.29, 1.82) is 0 Å². The van der Waals surface area contributed by atoms with E-state index in [4.69, 9.17) is 5.84 Å². The first kappa shape index (κ1) is 11.8. The molecule has 0 saturated heterocycles. The Kier molecular flexibility index (Phi) is 3.26. The number of rotatable bonds is 3. The van der Waals surface area contributed by atoms with Crippen molar-refractivity contribution in [2.24, 2.45) is 12.9 Å². The van der Waals surface area contributed by atoms with Crippen LogP contribution in [0, 0.1) is 13.8 Å². The molecule has 0 aliphatic heterocycles. The normalized spacial score (nSPS) is 12.7. The summed E-state index contributed by atoms with van der Waals surface area (Å²) < 4.78 is 1.78. The maximum absolute atomic E-state index is 5.67. The zero-order valence-electron chi connectivity index (χ0n) is 10.4. The molecule has 0 radical (unpaired) electrons. The molecular weight excluding hydrogens is 212 g/mol. The fourth-order valence-electron chi connectivity index (χ4n) is 1.99. The third-order valence-electron chi connectivity index (χ3n) is 2.94. The van der Waals surface area contributed by atoms with Gasteiger partial charge in [0.25, 0.3) is 0 Å². The van der Waals surface area contributed by atoms with Gasteiger partial charge in [0.1, 0.15) is 0 Å². The fraction of sp³-hybridized carbons (Fsp3) is 0.308. The topological polar surface area (TPSA) is 55.9 Å². The first-order valence-corrected chi connectivity index (χ1v) is 5.64. The van der Waals surface area contributed by atoms with Gasteiger partial charge in [-0.25, -0.2) is 5.43 Å². The molecular formula is C13H18N4. The number of hydrazine groups is 1. The van der Waals surface area contributed by atoms with Crippen molar-refractivity contribution in [3.05, 3.63) is 52.8 Å². The maximum atomic E-state index is 5.67. The fourth-order valence-corrected chi connectivity index (χ4v) is 1.99. The summed E-state index contributed by atoms with van der Waals surface area (Å²) in [6, 6.07) is 8.28. The number of aryl methyl sites for hydroxylation is 3. The average molecular weight is 230 g/mol. The lowest BCUT2D eigenvalue weighted by atomic mass is 9.97. The number of nitrogens with two attached hydrogens (primary N) is 1. The Hall–Kier alpha value is -1.65. The summed E-state index contributed by atoms with van der Waals surface area (Å²) in [5.74, 6) is 5.67. The minimum Gasteiger partial charge on any atom is -0.275 e. The van der Waals surface area contributed by atoms with Crippen molar-refractivity contribution in [3.8, 4) is 0 Å². The van der Waals surface area contributed by atoms with Crippen LogP contribution in [0.3, 0.4) is 0 Å². The molecule has 4 heteroatoms. The Labute approximate surface area is 101 Å². The third kappa shape index (κ3) is 2.38. The van der Waals surface area contributed by atoms with E-state index in [0.717, 1.165) is 5.69 Å². The van der Waals surface area contributed by atoms with Crippen LogP contribution in [0.1, 0.15) is 28.4 Å². The van der Waals surface area contributed by atoms with Gasteiger partial charge in [-0.05, 0) is 31.0 Å². The highest BCUT2D eigenvalue weighted by atomic mass is 15.3. The smallest absolute Gasteiger partial charge is 0.0902 e. The molecule has 90 valence electrons. The Morgan fingerprint density at radius 2 is 2.06 bits per heavy atom. The molecule has 0 spiro atoms. The monoisotopic (exact) mass is 230 g/mol. The van der Waals surface area contributed by atoms with E-state index in [-0.39, 0.29) is 6.04 Å². The molecule has 1 aromatic heterocycles. The number of nitrogens with one attached hydrogen (secondary N) is 1. The van der Waals surface area contributed by atoms with E-state index in [1.54, 1.807) is 4.68 Å². The Morgan fingerprint density at radius 1 is 1.29 bits per heavy atom. The predicted molar refractivity (Wildman–Crippen MR) is 68.3 cm³/mol. The number of aromatic nitrogens is 2. The minimum absolute atomic E-state index is 0.0592. The summed E-state index contributed by atoms with van der Waals surface area (Å²) in [7, 11) is 1.90. The first-order chi connectivity index (χ1) is 8.11. The average Bonchev–Trinajstić information content (AvgIpc) is 2.71. The van der Waals surface area contributed by atoms with E-state index in [1.807, 2.05) is 19.3 Å². The lowest BCUT2D eigenvalue weighted by molar-refractivity contribution is 0.601. The zero-order valence-corrected chi connectivity index (χ0v) is 10.4. The van der Waals surface area contributed by atoms with Gasteiger partial charge in [-0.15, -0.1) is 0 Å². The van der Waals surface area contributed by atoms with Crippen LogP contribution >= 0.6 is 0 Å². The highest BCUT2D eigenvalue weighted by Crippen LogP contribution is 2.23. The van der Waals surface area contributed by atoms with Gasteiger partial charge in [0, 0.05) is 13.2 Å². The van der Waals surface area contributed by atoms with E-state index in [0.29, 0.717) is 0 Å². The van der Waals surface area contributed by atoms with E-state index in [2.05, 4.69) is 42.6 Å². The third-order valence-corrected chi connectivity index (χ3v) is 2.94. The van der Waals surface area contributed by atoms with Crippen molar-refractivity contribution in [2.75, 3.05) is 0 Å². The second-order valence-electron chi connectivity index (χ2n) is 4.37. The molecule has 0 aliphatic carbocycles. The molecule has 1 aromatic carbocycles. The summed E-state index contributed by atoms with van der Waals surface area (Å²) in [4.78, 5) is 0. The number of hydrogen-bond donors (Lipinski definition) is 2. The molecule has 0 amide bonds. The van der Waals surface area contributed by atoms with Gasteiger partial charge in [0.05, 0.1) is 11.7 Å². The van der Waals surface area contributed by atoms with E-state index in [9.17, 15) is 0 Å². The first-order valence-electron chi connectivity index (χ1n) is 5.64. The number of nitrogens with zero attached hydrogens (tertiary/aromatic N) is 2. The SMILES string of the molecule is Cc1ccc(C)c(C(NN)c2ccn(C)n2)c1. The number of benzene rings is 1. The van der Waals surface area contributed by atoms with Crippen LogP contribution in [0.25, 0.3) is 0 Å². The molecule has 0 aliphatic rings. The minimum atomic E-state index is -0.0592. The zero-order chi connectivity index (χ0) is 12.4. The van der Waals surface area contributed by atoms with Crippen molar-refractivity contribution in [2.45, 2.75) is 19.9 Å². The predicted octanol–water partition coefficient (Wildman–Crippen LogP) is 1.59. The molecule has 4 nitrogen and oxygen atoms in total. The second-order valence-corrected chi connectivity index (χ2v) is 4.37. The van der Waals surface area contributed by atoms with Crippen LogP contribution in [0.5, 0.6) is 0 Å². The number of hydrogen-bond acceptors (Lipinski definition) is 3. The van der Waals surface area contributed by atoms with Crippen LogP contribution in [0.2, 0.25) is 0 Å². The Bertz CT molecular complexity index is 516. The summed E-state index contributed by atoms with van der Waals surface area (Å²) in [6.07, 6.45) is 1.92. The van der Waals surface area contributed by atoms with Gasteiger partial charge >= 0.3 is 0 Å². The lowest BCUT2D eigenvalue weighted by Crippen LogP contribution is -2.29. The van der Waals surface area contributed by atoms with Crippen LogP contribution < -0.4 is 11.3 Å². The van der Waals surface area contributed by atoms with Crippen LogP contribution in [-0.2, 0) is 7.05 Å². The summed E-state index contributed by atoms with van der Waals surface area (Å²) in [5.41, 5.74) is 7.38. The molecule has 0 fully saturated rings. The Morgan fingerprint density at radius 3 is 2.65 bits per heavy atom. The highest BCUT2D eigenvalue weighted by molar-refractivity contribution is 5.36. The van der Waals surface area contributed by atoms with Gasteiger partial charge in [-0.1, -0.05) is 23.8 Å². The maximum Gasteiger partial charge on any atom is 0.0902 e. The van der Waals surface area contributed by atoms with E-state index in [1.165, 1.54) is 16.7 Å². The van der Waals surface area contributed by atoms with E-state index >= 15 is 0 Å². The molecule has 0 bridgehead atoms. The van der Waals surface area contributed by atoms with Crippen molar-refractivity contribution in [1.82, 2.24) is 15.2 Å². The molecule has 3 N–H and O–H groups in total. The van der Waals surface area contributed by atoms with Crippen LogP contribution in [-0.4, -0.2) is 9.78 Å². The van der Waals surface area contributed by atoms with Crippen molar-refractivity contribution >= 4 is 0 Å². The van der Waals surface area contributed by atoms with Gasteiger partial charge < -0.3 is 0 Å². The molecule has 2 aromatic rings. The standard InChI is InChI=1S/C13H18N4/c1-9-4-5-10(2)11(8-9)13(15-14)12-6-7-17(3)16-12/h4-8,13,15H,14H2,1-3H3. The molecule has 1 unspecified atom stereocenters. The van der Waals surface area contributed by atoms with Crippen LogP contribution in [0.4, 0.5) is 0 Å². The molecule has 1 atom stereocenters. The Balaban J connectivity index is 2.45. The molecule has 0 saturated carbocycles. The summed E-state index contributed by atoms with van der Waals surface area (Å²) in [5, 5.41) is 4.40. The van der Waals surface area contributed by atoms with Crippen molar-refractivity contribution in [3.63, 3.8) is 0 Å². The van der Waals surface area contributed by atoms with E-state index < -0.39 is 0 Å². The summed E-state index contributed by atoms with van der Waals surface area (Å²) >= 11 is 0. The van der Waals surface area contributed by atoms with Gasteiger partial charge in [0.15, 0.2) is 0 Å². The van der Waals surface area contributed by atoms with Gasteiger partial charge in [-0.2, -0.15) is 5.10 Å². The van der Waals surface area contributed by atoms with Crippen LogP contribution in [0.15, 0.2) is 30.5 Å².